The second kappa shape index (κ2) is 6.89. The number of nitrogens with one attached hydrogen (secondary N) is 2. The Morgan fingerprint density at radius 1 is 1.07 bits per heavy atom. The molecule has 0 spiro atoms. The Bertz CT molecular complexity index is 1010. The number of ketones is 1. The number of allylic oxidation sites excluding steroid dienone is 2. The maximum absolute atomic E-state index is 13.2. The summed E-state index contributed by atoms with van der Waals surface area (Å²) in [5.74, 6) is 0.880. The van der Waals surface area contributed by atoms with E-state index in [0.29, 0.717) is 29.3 Å². The zero-order chi connectivity index (χ0) is 19.1. The normalized spacial score (nSPS) is 21.8. The maximum Gasteiger partial charge on any atom is 0.258 e. The van der Waals surface area contributed by atoms with Gasteiger partial charge in [-0.3, -0.25) is 19.6 Å². The van der Waals surface area contributed by atoms with Crippen LogP contribution < -0.4 is 15.8 Å². The van der Waals surface area contributed by atoms with Gasteiger partial charge in [0, 0.05) is 49.1 Å². The first-order valence-electron chi connectivity index (χ1n) is 10.0. The first kappa shape index (κ1) is 17.2. The number of H-pyrrole nitrogens is 1. The van der Waals surface area contributed by atoms with Crippen molar-refractivity contribution in [2.24, 2.45) is 0 Å². The Morgan fingerprint density at radius 3 is 2.71 bits per heavy atom. The lowest BCUT2D eigenvalue weighted by molar-refractivity contribution is -0.116. The average molecular weight is 377 g/mol. The lowest BCUT2D eigenvalue weighted by atomic mass is 9.77. The summed E-state index contributed by atoms with van der Waals surface area (Å²) in [7, 11) is 0. The van der Waals surface area contributed by atoms with Gasteiger partial charge in [0.1, 0.15) is 5.82 Å². The van der Waals surface area contributed by atoms with E-state index in [0.717, 1.165) is 50.0 Å². The Balaban J connectivity index is 1.67. The van der Waals surface area contributed by atoms with Gasteiger partial charge in [0.25, 0.3) is 5.56 Å². The minimum Gasteiger partial charge on any atom is -0.343 e. The van der Waals surface area contributed by atoms with Crippen molar-refractivity contribution in [2.45, 2.75) is 44.4 Å². The summed E-state index contributed by atoms with van der Waals surface area (Å²) in [6.07, 6.45) is 9.00. The molecule has 1 saturated heterocycles. The molecule has 0 saturated carbocycles. The van der Waals surface area contributed by atoms with E-state index in [1.807, 2.05) is 12.1 Å². The largest absolute Gasteiger partial charge is 0.343 e. The van der Waals surface area contributed by atoms with Gasteiger partial charge in [-0.05, 0) is 43.7 Å². The van der Waals surface area contributed by atoms with Crippen molar-refractivity contribution in [1.82, 2.24) is 15.0 Å². The van der Waals surface area contributed by atoms with Gasteiger partial charge >= 0.3 is 0 Å². The molecule has 0 bridgehead atoms. The van der Waals surface area contributed by atoms with Crippen LogP contribution in [-0.4, -0.2) is 33.8 Å². The first-order chi connectivity index (χ1) is 13.7. The SMILES string of the molecule is O=C1CCCC2=C1[C@H](c1cccnc1)c1c(nc(N3CCCCC3)[nH]c1=O)N2. The number of carbonyl (C=O) groups is 1. The highest BCUT2D eigenvalue weighted by molar-refractivity contribution is 6.00. The van der Waals surface area contributed by atoms with E-state index in [9.17, 15) is 9.59 Å². The third kappa shape index (κ3) is 2.82. The zero-order valence-electron chi connectivity index (χ0n) is 15.7. The predicted octanol–water partition coefficient (Wildman–Crippen LogP) is 2.72. The number of piperidine rings is 1. The van der Waals surface area contributed by atoms with Crippen LogP contribution in [0, 0.1) is 0 Å². The molecule has 2 aromatic rings. The number of anilines is 2. The summed E-state index contributed by atoms with van der Waals surface area (Å²) in [6, 6.07) is 3.77. The number of carbonyl (C=O) groups excluding carboxylic acids is 1. The third-order valence-electron chi connectivity index (χ3n) is 5.92. The smallest absolute Gasteiger partial charge is 0.258 e. The minimum absolute atomic E-state index is 0.104. The molecule has 0 radical (unpaired) electrons. The molecule has 2 aliphatic heterocycles. The molecule has 1 aliphatic carbocycles. The Labute approximate surface area is 162 Å². The molecule has 2 N–H and O–H groups in total. The van der Waals surface area contributed by atoms with E-state index in [-0.39, 0.29) is 11.3 Å². The van der Waals surface area contributed by atoms with Crippen LogP contribution in [0.3, 0.4) is 0 Å². The molecule has 5 rings (SSSR count). The second-order valence-electron chi connectivity index (χ2n) is 7.71. The van der Waals surface area contributed by atoms with Gasteiger partial charge in [-0.1, -0.05) is 6.07 Å². The van der Waals surface area contributed by atoms with Crippen LogP contribution in [0.5, 0.6) is 0 Å². The van der Waals surface area contributed by atoms with Crippen molar-refractivity contribution in [3.05, 3.63) is 57.3 Å². The number of nitrogens with zero attached hydrogens (tertiary/aromatic N) is 3. The Morgan fingerprint density at radius 2 is 1.93 bits per heavy atom. The molecule has 2 aromatic heterocycles. The highest BCUT2D eigenvalue weighted by Crippen LogP contribution is 2.43. The van der Waals surface area contributed by atoms with Gasteiger partial charge in [0.15, 0.2) is 5.78 Å². The fourth-order valence-corrected chi connectivity index (χ4v) is 4.58. The van der Waals surface area contributed by atoms with Crippen molar-refractivity contribution in [3.63, 3.8) is 0 Å². The van der Waals surface area contributed by atoms with Gasteiger partial charge in [0.2, 0.25) is 5.95 Å². The van der Waals surface area contributed by atoms with Crippen LogP contribution in [0.4, 0.5) is 11.8 Å². The molecule has 0 amide bonds. The third-order valence-corrected chi connectivity index (χ3v) is 5.92. The molecule has 1 atom stereocenters. The van der Waals surface area contributed by atoms with Crippen molar-refractivity contribution < 1.29 is 4.79 Å². The summed E-state index contributed by atoms with van der Waals surface area (Å²) in [4.78, 5) is 40.1. The van der Waals surface area contributed by atoms with E-state index >= 15 is 0 Å². The summed E-state index contributed by atoms with van der Waals surface area (Å²) >= 11 is 0. The molecular weight excluding hydrogens is 354 g/mol. The molecule has 28 heavy (non-hydrogen) atoms. The number of hydrogen-bond acceptors (Lipinski definition) is 6. The zero-order valence-corrected chi connectivity index (χ0v) is 15.7. The maximum atomic E-state index is 13.2. The Hall–Kier alpha value is -2.96. The quantitative estimate of drug-likeness (QED) is 0.836. The lowest BCUT2D eigenvalue weighted by Crippen LogP contribution is -2.36. The second-order valence-corrected chi connectivity index (χ2v) is 7.71. The molecule has 7 heteroatoms. The van der Waals surface area contributed by atoms with Crippen LogP contribution in [-0.2, 0) is 4.79 Å². The number of Topliss-reactive ketones (excluding diaryl/α,β-unsaturated/α-hetero) is 1. The van der Waals surface area contributed by atoms with Gasteiger partial charge in [-0.15, -0.1) is 0 Å². The number of pyridine rings is 1. The first-order valence-corrected chi connectivity index (χ1v) is 10.0. The van der Waals surface area contributed by atoms with Crippen molar-refractivity contribution >= 4 is 17.5 Å². The molecule has 144 valence electrons. The number of fused-ring (bicyclic) bond motifs is 1. The van der Waals surface area contributed by atoms with Crippen molar-refractivity contribution in [2.75, 3.05) is 23.3 Å². The molecular formula is C21H23N5O2. The number of aromatic nitrogens is 3. The van der Waals surface area contributed by atoms with Crippen molar-refractivity contribution in [3.8, 4) is 0 Å². The highest BCUT2D eigenvalue weighted by Gasteiger charge is 2.38. The summed E-state index contributed by atoms with van der Waals surface area (Å²) in [5.41, 5.74) is 2.79. The molecule has 1 fully saturated rings. The van der Waals surface area contributed by atoms with Crippen molar-refractivity contribution in [1.29, 1.82) is 0 Å². The van der Waals surface area contributed by atoms with E-state index in [1.165, 1.54) is 6.42 Å². The Kier molecular flexibility index (Phi) is 4.22. The van der Waals surface area contributed by atoms with E-state index in [4.69, 9.17) is 4.98 Å². The van der Waals surface area contributed by atoms with Crippen LogP contribution in [0.1, 0.15) is 55.6 Å². The van der Waals surface area contributed by atoms with E-state index in [1.54, 1.807) is 12.4 Å². The molecule has 4 heterocycles. The number of rotatable bonds is 2. The van der Waals surface area contributed by atoms with Gasteiger partial charge in [0.05, 0.1) is 5.56 Å². The standard InChI is InChI=1S/C21H23N5O2/c27-15-8-4-7-14-17(15)16(13-6-5-9-22-12-13)18-19(23-14)24-21(25-20(18)28)26-10-2-1-3-11-26/h5-6,9,12,16H,1-4,7-8,10-11H2,(H2,23,24,25,28)/t16-/m0/s1. The topological polar surface area (TPSA) is 91.0 Å². The summed E-state index contributed by atoms with van der Waals surface area (Å²) in [6.45, 7) is 1.81. The van der Waals surface area contributed by atoms with Crippen LogP contribution in [0.25, 0.3) is 0 Å². The van der Waals surface area contributed by atoms with E-state index < -0.39 is 5.92 Å². The average Bonchev–Trinajstić information content (AvgIpc) is 2.73. The fourth-order valence-electron chi connectivity index (χ4n) is 4.58. The molecule has 7 nitrogen and oxygen atoms in total. The van der Waals surface area contributed by atoms with Crippen LogP contribution in [0.2, 0.25) is 0 Å². The molecule has 3 aliphatic rings. The van der Waals surface area contributed by atoms with Crippen LogP contribution in [0.15, 0.2) is 40.6 Å². The predicted molar refractivity (Wildman–Crippen MR) is 107 cm³/mol. The summed E-state index contributed by atoms with van der Waals surface area (Å²) < 4.78 is 0. The molecule has 0 unspecified atom stereocenters. The minimum atomic E-state index is -0.417. The fraction of sp³-hybridized carbons (Fsp3) is 0.429. The highest BCUT2D eigenvalue weighted by atomic mass is 16.1. The summed E-state index contributed by atoms with van der Waals surface area (Å²) in [5, 5.41) is 3.33. The number of hydrogen-bond donors (Lipinski definition) is 2. The van der Waals surface area contributed by atoms with E-state index in [2.05, 4.69) is 20.2 Å². The van der Waals surface area contributed by atoms with Gasteiger partial charge < -0.3 is 10.2 Å². The monoisotopic (exact) mass is 377 g/mol. The molecule has 0 aromatic carbocycles. The number of aromatic amines is 1. The van der Waals surface area contributed by atoms with Crippen LogP contribution >= 0.6 is 0 Å². The van der Waals surface area contributed by atoms with Gasteiger partial charge in [-0.2, -0.15) is 4.98 Å². The van der Waals surface area contributed by atoms with Gasteiger partial charge in [-0.25, -0.2) is 0 Å². The lowest BCUT2D eigenvalue weighted by Gasteiger charge is -2.34.